The first-order valence-corrected chi connectivity index (χ1v) is 18.9. The number of allylic oxidation sites excluding steroid dienone is 1. The van der Waals surface area contributed by atoms with Gasteiger partial charge in [-0.1, -0.05) is 18.5 Å². The third-order valence-electron chi connectivity index (χ3n) is 10.3. The van der Waals surface area contributed by atoms with Crippen LogP contribution >= 0.6 is 11.6 Å². The highest BCUT2D eigenvalue weighted by Gasteiger charge is 2.38. The van der Waals surface area contributed by atoms with E-state index in [2.05, 4.69) is 35.9 Å². The minimum absolute atomic E-state index is 0.0197. The topological polar surface area (TPSA) is 140 Å². The van der Waals surface area contributed by atoms with Crippen LogP contribution < -0.4 is 16.0 Å². The molecule has 55 heavy (non-hydrogen) atoms. The van der Waals surface area contributed by atoms with Crippen LogP contribution in [0, 0.1) is 11.8 Å². The van der Waals surface area contributed by atoms with Crippen LogP contribution in [0.25, 0.3) is 11.3 Å². The Morgan fingerprint density at radius 3 is 2.35 bits per heavy atom. The number of benzene rings is 1. The van der Waals surface area contributed by atoms with Crippen LogP contribution in [-0.2, 0) is 15.8 Å². The van der Waals surface area contributed by atoms with Gasteiger partial charge in [-0.05, 0) is 75.0 Å². The number of hydrogen-bond donors (Lipinski definition) is 3. The zero-order valence-electron chi connectivity index (χ0n) is 31.1. The molecule has 3 aliphatic heterocycles. The molecule has 0 spiro atoms. The summed E-state index contributed by atoms with van der Waals surface area (Å²) in [5.74, 6) is 0.521. The van der Waals surface area contributed by atoms with E-state index >= 15 is 0 Å². The predicted molar refractivity (Wildman–Crippen MR) is 205 cm³/mol. The van der Waals surface area contributed by atoms with Gasteiger partial charge in [0.2, 0.25) is 5.91 Å². The lowest BCUT2D eigenvalue weighted by molar-refractivity contribution is -0.141. The van der Waals surface area contributed by atoms with Crippen LogP contribution in [0.3, 0.4) is 0 Å². The van der Waals surface area contributed by atoms with E-state index in [-0.39, 0.29) is 51.6 Å². The largest absolute Gasteiger partial charge is 0.435 e. The van der Waals surface area contributed by atoms with Gasteiger partial charge in [-0.15, -0.1) is 0 Å². The van der Waals surface area contributed by atoms with Crippen molar-refractivity contribution in [2.45, 2.75) is 39.3 Å². The Morgan fingerprint density at radius 1 is 1.02 bits per heavy atom. The molecule has 0 unspecified atom stereocenters. The van der Waals surface area contributed by atoms with Gasteiger partial charge in [-0.3, -0.25) is 19.4 Å². The van der Waals surface area contributed by atoms with Crippen molar-refractivity contribution in [2.24, 2.45) is 16.8 Å². The number of piperazine rings is 1. The number of amides is 3. The maximum atomic E-state index is 14.0. The summed E-state index contributed by atoms with van der Waals surface area (Å²) in [7, 11) is 1.65. The number of hydrogen-bond acceptors (Lipinski definition) is 9. The number of carbonyl (C=O) groups is 3. The van der Waals surface area contributed by atoms with Gasteiger partial charge in [-0.2, -0.15) is 18.3 Å². The molecule has 3 saturated heterocycles. The minimum atomic E-state index is -4.74. The molecule has 13 nitrogen and oxygen atoms in total. The molecular weight excluding hydrogens is 737 g/mol. The van der Waals surface area contributed by atoms with Gasteiger partial charge < -0.3 is 30.7 Å². The Balaban J connectivity index is 1.05. The quantitative estimate of drug-likeness (QED) is 0.230. The Labute approximate surface area is 323 Å². The molecule has 2 aromatic heterocycles. The number of nitrogens with one attached hydrogen (secondary N) is 3. The molecule has 294 valence electrons. The summed E-state index contributed by atoms with van der Waals surface area (Å²) >= 11 is 6.55. The lowest BCUT2D eigenvalue weighted by atomic mass is 9.93. The molecule has 0 saturated carbocycles. The molecule has 3 amide bonds. The van der Waals surface area contributed by atoms with Gasteiger partial charge in [0.15, 0.2) is 5.69 Å². The molecule has 0 atom stereocenters. The Bertz CT molecular complexity index is 1950. The smallest absolute Gasteiger partial charge is 0.373 e. The second-order valence-corrected chi connectivity index (χ2v) is 14.5. The maximum Gasteiger partial charge on any atom is 0.435 e. The summed E-state index contributed by atoms with van der Waals surface area (Å²) in [5, 5.41) is 12.8. The first-order valence-electron chi connectivity index (χ1n) is 18.5. The van der Waals surface area contributed by atoms with Crippen LogP contribution in [0.15, 0.2) is 53.9 Å². The van der Waals surface area contributed by atoms with Crippen molar-refractivity contribution in [3.63, 3.8) is 0 Å². The Hall–Kier alpha value is -4.80. The molecule has 3 aromatic rings. The zero-order valence-corrected chi connectivity index (χ0v) is 31.9. The monoisotopic (exact) mass is 782 g/mol. The highest BCUT2D eigenvalue weighted by molar-refractivity contribution is 6.43. The van der Waals surface area contributed by atoms with Gasteiger partial charge in [0, 0.05) is 94.7 Å². The van der Waals surface area contributed by atoms with Crippen molar-refractivity contribution in [1.29, 1.82) is 0 Å². The summed E-state index contributed by atoms with van der Waals surface area (Å²) in [6.45, 7) is 9.98. The number of anilines is 2. The van der Waals surface area contributed by atoms with E-state index in [1.165, 1.54) is 43.7 Å². The number of rotatable bonds is 11. The van der Waals surface area contributed by atoms with E-state index in [4.69, 9.17) is 11.6 Å². The fraction of sp³-hybridized carbons (Fsp3) is 0.474. The number of halogens is 4. The van der Waals surface area contributed by atoms with Crippen molar-refractivity contribution in [3.05, 3.63) is 70.8 Å². The second-order valence-electron chi connectivity index (χ2n) is 14.1. The maximum absolute atomic E-state index is 14.0. The SMILES string of the molecule is CCC(=N/C=C(\C)c1cn(-c2ccnc(NC)c2)nc1C(F)(F)F)C(=O)Nc1ccc(C(=O)N2CCN(C(=O)C3CCN(CC4CNC4)CC3)CC2)c(Cl)c1. The second kappa shape index (κ2) is 17.3. The predicted octanol–water partition coefficient (Wildman–Crippen LogP) is 5.05. The molecule has 1 aromatic carbocycles. The van der Waals surface area contributed by atoms with E-state index in [9.17, 15) is 27.6 Å². The molecule has 0 bridgehead atoms. The average Bonchev–Trinajstić information content (AvgIpc) is 3.63. The lowest BCUT2D eigenvalue weighted by Crippen LogP contribution is -2.53. The molecule has 3 aliphatic rings. The molecule has 3 N–H and O–H groups in total. The van der Waals surface area contributed by atoms with Crippen LogP contribution in [0.4, 0.5) is 24.7 Å². The van der Waals surface area contributed by atoms with Gasteiger partial charge >= 0.3 is 6.18 Å². The summed E-state index contributed by atoms with van der Waals surface area (Å²) in [6.07, 6.45) is 1.09. The molecule has 17 heteroatoms. The van der Waals surface area contributed by atoms with Crippen molar-refractivity contribution >= 4 is 52.1 Å². The minimum Gasteiger partial charge on any atom is -0.373 e. The average molecular weight is 783 g/mol. The molecule has 0 aliphatic carbocycles. The standard InChI is InChI=1S/C38H46ClF3N10O3/c1-4-32(46-19-24(2)30-23-52(48-34(30)38(40,41)42)28-7-10-45-33(18-28)43-3)35(53)47-27-5-6-29(31(39)17-27)37(55)51-15-13-50(14-16-51)36(54)26-8-11-49(12-9-26)22-25-20-44-21-25/h5-7,10,17-19,23,25-26,44H,4,8-9,11-16,20-22H2,1-3H3,(H,43,45)(H,47,53)/b24-19+,46-32?. The Morgan fingerprint density at radius 2 is 1.73 bits per heavy atom. The number of aromatic nitrogens is 3. The third-order valence-corrected chi connectivity index (χ3v) is 10.7. The summed E-state index contributed by atoms with van der Waals surface area (Å²) in [5.41, 5.74) is -0.110. The van der Waals surface area contributed by atoms with E-state index < -0.39 is 17.8 Å². The summed E-state index contributed by atoms with van der Waals surface area (Å²) in [6, 6.07) is 7.66. The number of alkyl halides is 3. The van der Waals surface area contributed by atoms with E-state index in [1.807, 2.05) is 4.90 Å². The number of piperidine rings is 1. The highest BCUT2D eigenvalue weighted by Crippen LogP contribution is 2.35. The van der Waals surface area contributed by atoms with Crippen LogP contribution in [0.2, 0.25) is 5.02 Å². The molecule has 3 fully saturated rings. The van der Waals surface area contributed by atoms with Gasteiger partial charge in [0.25, 0.3) is 11.8 Å². The van der Waals surface area contributed by atoms with Crippen molar-refractivity contribution in [3.8, 4) is 5.69 Å². The number of aliphatic imine (C=N–C) groups is 1. The normalized spacial score (nSPS) is 17.9. The zero-order chi connectivity index (χ0) is 39.3. The highest BCUT2D eigenvalue weighted by atomic mass is 35.5. The summed E-state index contributed by atoms with van der Waals surface area (Å²) in [4.78, 5) is 54.2. The number of nitrogens with zero attached hydrogens (tertiary/aromatic N) is 7. The summed E-state index contributed by atoms with van der Waals surface area (Å²) < 4.78 is 43.2. The van der Waals surface area contributed by atoms with E-state index in [0.717, 1.165) is 50.2 Å². The van der Waals surface area contributed by atoms with E-state index in [1.54, 1.807) is 31.0 Å². The van der Waals surface area contributed by atoms with Crippen molar-refractivity contribution in [2.75, 3.05) is 76.6 Å². The molecular formula is C38H46ClF3N10O3. The van der Waals surface area contributed by atoms with Crippen molar-refractivity contribution in [1.82, 2.24) is 34.8 Å². The van der Waals surface area contributed by atoms with Gasteiger partial charge in [0.1, 0.15) is 11.5 Å². The van der Waals surface area contributed by atoms with Gasteiger partial charge in [0.05, 0.1) is 16.3 Å². The number of pyridine rings is 1. The fourth-order valence-corrected chi connectivity index (χ4v) is 7.25. The van der Waals surface area contributed by atoms with Crippen LogP contribution in [-0.4, -0.2) is 119 Å². The third kappa shape index (κ3) is 9.54. The number of likely N-dealkylation sites (tertiary alicyclic amines) is 1. The van der Waals surface area contributed by atoms with Crippen molar-refractivity contribution < 1.29 is 27.6 Å². The first kappa shape index (κ1) is 39.9. The molecule has 6 rings (SSSR count). The fourth-order valence-electron chi connectivity index (χ4n) is 6.99. The van der Waals surface area contributed by atoms with Crippen LogP contribution in [0.1, 0.15) is 54.7 Å². The Kier molecular flexibility index (Phi) is 12.6. The lowest BCUT2D eigenvalue weighted by Gasteiger charge is -2.40. The van der Waals surface area contributed by atoms with Gasteiger partial charge in [-0.25, -0.2) is 9.67 Å². The van der Waals surface area contributed by atoms with Crippen LogP contribution in [0.5, 0.6) is 0 Å². The first-order chi connectivity index (χ1) is 26.3. The number of carbonyl (C=O) groups excluding carboxylic acids is 3. The molecule has 0 radical (unpaired) electrons. The van der Waals surface area contributed by atoms with E-state index in [0.29, 0.717) is 49.3 Å². The molecule has 5 heterocycles.